The Morgan fingerprint density at radius 3 is 2.92 bits per heavy atom. The average Bonchev–Trinajstić information content (AvgIpc) is 3.13. The molecule has 25 heavy (non-hydrogen) atoms. The third kappa shape index (κ3) is 9.21. The second kappa shape index (κ2) is 13.8. The number of halogens is 1. The number of hydrogen-bond donors (Lipinski definition) is 1. The van der Waals surface area contributed by atoms with Crippen molar-refractivity contribution in [2.24, 2.45) is 4.99 Å². The van der Waals surface area contributed by atoms with Crippen molar-refractivity contribution in [1.29, 1.82) is 0 Å². The van der Waals surface area contributed by atoms with E-state index in [4.69, 9.17) is 14.5 Å². The average molecular weight is 481 g/mol. The summed E-state index contributed by atoms with van der Waals surface area (Å²) in [4.78, 5) is 8.36. The van der Waals surface area contributed by atoms with Crippen LogP contribution in [0.5, 0.6) is 0 Å². The molecule has 0 unspecified atom stereocenters. The summed E-state index contributed by atoms with van der Waals surface area (Å²) in [5.41, 5.74) is 0. The minimum atomic E-state index is 0. The first-order chi connectivity index (χ1) is 11.8. The molecule has 0 spiro atoms. The van der Waals surface area contributed by atoms with Crippen molar-refractivity contribution in [3.05, 3.63) is 22.4 Å². The smallest absolute Gasteiger partial charge is 0.193 e. The minimum absolute atomic E-state index is 0. The number of ether oxygens (including phenoxy) is 2. The van der Waals surface area contributed by atoms with Crippen molar-refractivity contribution in [3.8, 4) is 0 Å². The van der Waals surface area contributed by atoms with E-state index in [1.807, 2.05) is 11.3 Å². The second-order valence-electron chi connectivity index (χ2n) is 6.02. The zero-order chi connectivity index (χ0) is 17.0. The Morgan fingerprint density at radius 2 is 2.24 bits per heavy atom. The number of rotatable bonds is 9. The molecule has 1 aliphatic heterocycles. The summed E-state index contributed by atoms with van der Waals surface area (Å²) >= 11 is 1.82. The highest BCUT2D eigenvalue weighted by molar-refractivity contribution is 14.0. The highest BCUT2D eigenvalue weighted by Crippen LogP contribution is 2.11. The van der Waals surface area contributed by atoms with Crippen molar-refractivity contribution in [2.75, 3.05) is 46.5 Å². The van der Waals surface area contributed by atoms with Crippen LogP contribution >= 0.6 is 35.3 Å². The lowest BCUT2D eigenvalue weighted by molar-refractivity contribution is -0.0318. The Morgan fingerprint density at radius 1 is 1.44 bits per heavy atom. The van der Waals surface area contributed by atoms with Gasteiger partial charge < -0.3 is 19.7 Å². The van der Waals surface area contributed by atoms with Crippen LogP contribution in [0, 0.1) is 0 Å². The molecule has 2 rings (SSSR count). The van der Waals surface area contributed by atoms with Crippen LogP contribution in [0.25, 0.3) is 0 Å². The maximum Gasteiger partial charge on any atom is 0.193 e. The molecule has 5 nitrogen and oxygen atoms in total. The summed E-state index contributed by atoms with van der Waals surface area (Å²) in [5.74, 6) is 0.986. The Bertz CT molecular complexity index is 465. The van der Waals surface area contributed by atoms with E-state index in [9.17, 15) is 0 Å². The van der Waals surface area contributed by atoms with Crippen LogP contribution in [0.2, 0.25) is 0 Å². The lowest BCUT2D eigenvalue weighted by atomic mass is 10.1. The van der Waals surface area contributed by atoms with E-state index >= 15 is 0 Å². The molecular formula is C18H32IN3O2S. The topological polar surface area (TPSA) is 46.1 Å². The third-order valence-electron chi connectivity index (χ3n) is 4.06. The summed E-state index contributed by atoms with van der Waals surface area (Å²) in [6, 6.07) is 4.30. The maximum atomic E-state index is 5.90. The van der Waals surface area contributed by atoms with E-state index in [1.165, 1.54) is 4.88 Å². The molecule has 0 amide bonds. The number of thiophene rings is 1. The van der Waals surface area contributed by atoms with E-state index in [0.717, 1.165) is 71.1 Å². The van der Waals surface area contributed by atoms with Crippen LogP contribution < -0.4 is 5.32 Å². The van der Waals surface area contributed by atoms with Crippen molar-refractivity contribution < 1.29 is 9.47 Å². The quantitative estimate of drug-likeness (QED) is 0.254. The molecule has 0 aromatic carbocycles. The third-order valence-corrected chi connectivity index (χ3v) is 4.99. The molecule has 144 valence electrons. The maximum absolute atomic E-state index is 5.90. The fourth-order valence-electron chi connectivity index (χ4n) is 2.65. The molecule has 2 heterocycles. The standard InChI is InChI=1S/C18H31N3O2S.HI/c1-3-19-18(21(2)11-7-17-6-4-15-24-17)20-10-5-12-23-16-8-13-22-14-9-16;/h4,6,15-16H,3,5,7-14H2,1-2H3,(H,19,20);1H. The zero-order valence-corrected chi connectivity index (χ0v) is 18.6. The summed E-state index contributed by atoms with van der Waals surface area (Å²) in [6.45, 7) is 7.23. The molecule has 1 saturated heterocycles. The summed E-state index contributed by atoms with van der Waals surface area (Å²) in [7, 11) is 2.10. The van der Waals surface area contributed by atoms with Crippen LogP contribution in [-0.4, -0.2) is 63.5 Å². The molecule has 0 atom stereocenters. The first-order valence-electron chi connectivity index (χ1n) is 9.00. The Kier molecular flexibility index (Phi) is 12.5. The van der Waals surface area contributed by atoms with Gasteiger partial charge in [-0.3, -0.25) is 4.99 Å². The normalized spacial score (nSPS) is 15.7. The number of aliphatic imine (C=N–C) groups is 1. The van der Waals surface area contributed by atoms with Crippen molar-refractivity contribution in [3.63, 3.8) is 0 Å². The Hall–Kier alpha value is -0.380. The zero-order valence-electron chi connectivity index (χ0n) is 15.4. The molecule has 1 fully saturated rings. The van der Waals surface area contributed by atoms with E-state index in [1.54, 1.807) is 0 Å². The van der Waals surface area contributed by atoms with Gasteiger partial charge in [0.25, 0.3) is 0 Å². The minimum Gasteiger partial charge on any atom is -0.381 e. The number of guanidine groups is 1. The largest absolute Gasteiger partial charge is 0.381 e. The van der Waals surface area contributed by atoms with Gasteiger partial charge in [-0.05, 0) is 44.1 Å². The Balaban J connectivity index is 0.00000312. The van der Waals surface area contributed by atoms with Gasteiger partial charge in [0.2, 0.25) is 0 Å². The van der Waals surface area contributed by atoms with Crippen molar-refractivity contribution >= 4 is 41.3 Å². The van der Waals surface area contributed by atoms with Gasteiger partial charge in [0.1, 0.15) is 0 Å². The second-order valence-corrected chi connectivity index (χ2v) is 7.05. The molecule has 0 saturated carbocycles. The SMILES string of the molecule is CCNC(=NCCCOC1CCOCC1)N(C)CCc1cccs1.I. The predicted octanol–water partition coefficient (Wildman–Crippen LogP) is 3.39. The van der Waals surface area contributed by atoms with Crippen LogP contribution in [0.4, 0.5) is 0 Å². The van der Waals surface area contributed by atoms with Gasteiger partial charge in [-0.25, -0.2) is 0 Å². The summed E-state index contributed by atoms with van der Waals surface area (Å²) in [5, 5.41) is 5.51. The Labute approximate surface area is 173 Å². The van der Waals surface area contributed by atoms with Crippen LogP contribution in [0.1, 0.15) is 31.1 Å². The number of likely N-dealkylation sites (N-methyl/N-ethyl adjacent to an activating group) is 1. The van der Waals surface area contributed by atoms with E-state index < -0.39 is 0 Å². The molecule has 1 aromatic rings. The highest BCUT2D eigenvalue weighted by Gasteiger charge is 2.13. The molecule has 7 heteroatoms. The molecule has 1 N–H and O–H groups in total. The van der Waals surface area contributed by atoms with Gasteiger partial charge in [0.05, 0.1) is 6.10 Å². The fraction of sp³-hybridized carbons (Fsp3) is 0.722. The van der Waals surface area contributed by atoms with Crippen LogP contribution in [-0.2, 0) is 15.9 Å². The summed E-state index contributed by atoms with van der Waals surface area (Å²) in [6.07, 6.45) is 4.45. The number of hydrogen-bond acceptors (Lipinski definition) is 4. The van der Waals surface area contributed by atoms with Crippen LogP contribution in [0.3, 0.4) is 0 Å². The molecule has 0 radical (unpaired) electrons. The van der Waals surface area contributed by atoms with E-state index in [-0.39, 0.29) is 24.0 Å². The van der Waals surface area contributed by atoms with Crippen molar-refractivity contribution in [1.82, 2.24) is 10.2 Å². The highest BCUT2D eigenvalue weighted by atomic mass is 127. The fourth-order valence-corrected chi connectivity index (χ4v) is 3.35. The van der Waals surface area contributed by atoms with Gasteiger partial charge in [0.15, 0.2) is 5.96 Å². The first-order valence-corrected chi connectivity index (χ1v) is 9.88. The number of nitrogens with zero attached hydrogens (tertiary/aromatic N) is 2. The molecule has 1 aliphatic rings. The number of nitrogens with one attached hydrogen (secondary N) is 1. The summed E-state index contributed by atoms with van der Waals surface area (Å²) < 4.78 is 11.2. The van der Waals surface area contributed by atoms with Crippen LogP contribution in [0.15, 0.2) is 22.5 Å². The van der Waals surface area contributed by atoms with E-state index in [2.05, 4.69) is 41.7 Å². The first kappa shape index (κ1) is 22.7. The molecule has 1 aromatic heterocycles. The van der Waals surface area contributed by atoms with Gasteiger partial charge in [-0.2, -0.15) is 0 Å². The molecule has 0 aliphatic carbocycles. The van der Waals surface area contributed by atoms with Crippen molar-refractivity contribution in [2.45, 2.75) is 38.7 Å². The van der Waals surface area contributed by atoms with Gasteiger partial charge in [-0.15, -0.1) is 35.3 Å². The predicted molar refractivity (Wildman–Crippen MR) is 116 cm³/mol. The lowest BCUT2D eigenvalue weighted by Gasteiger charge is -2.23. The monoisotopic (exact) mass is 481 g/mol. The van der Waals surface area contributed by atoms with Gasteiger partial charge in [-0.1, -0.05) is 6.07 Å². The lowest BCUT2D eigenvalue weighted by Crippen LogP contribution is -2.40. The van der Waals surface area contributed by atoms with Gasteiger partial charge >= 0.3 is 0 Å². The van der Waals surface area contributed by atoms with Gasteiger partial charge in [0, 0.05) is 51.4 Å². The van der Waals surface area contributed by atoms with E-state index in [0.29, 0.717) is 6.10 Å². The molecular weight excluding hydrogens is 449 g/mol. The molecule has 0 bridgehead atoms.